The van der Waals surface area contributed by atoms with Gasteiger partial charge in [0, 0.05) is 36.3 Å². The highest BCUT2D eigenvalue weighted by molar-refractivity contribution is 5.90. The van der Waals surface area contributed by atoms with E-state index in [2.05, 4.69) is 5.32 Å². The predicted molar refractivity (Wildman–Crippen MR) is 72.3 cm³/mol. The van der Waals surface area contributed by atoms with Gasteiger partial charge in [0.1, 0.15) is 12.3 Å². The SMILES string of the molecule is COc1cccc(NC(=O)Cn2ccc(=O)cc2)c1. The third-order valence-electron chi connectivity index (χ3n) is 2.54. The van der Waals surface area contributed by atoms with Crippen molar-refractivity contribution >= 4 is 11.6 Å². The molecule has 2 aromatic rings. The van der Waals surface area contributed by atoms with Crippen molar-refractivity contribution in [2.45, 2.75) is 6.54 Å². The van der Waals surface area contributed by atoms with Crippen LogP contribution in [0.25, 0.3) is 0 Å². The van der Waals surface area contributed by atoms with Gasteiger partial charge in [-0.1, -0.05) is 6.07 Å². The smallest absolute Gasteiger partial charge is 0.244 e. The summed E-state index contributed by atoms with van der Waals surface area (Å²) in [6.45, 7) is 0.150. The van der Waals surface area contributed by atoms with Crippen LogP contribution in [0, 0.1) is 0 Å². The molecule has 1 aromatic carbocycles. The van der Waals surface area contributed by atoms with Crippen molar-refractivity contribution in [2.75, 3.05) is 12.4 Å². The minimum absolute atomic E-state index is 0.0792. The van der Waals surface area contributed by atoms with Gasteiger partial charge in [0.15, 0.2) is 5.43 Å². The van der Waals surface area contributed by atoms with E-state index in [0.717, 1.165) is 0 Å². The van der Waals surface area contributed by atoms with Crippen molar-refractivity contribution in [3.63, 3.8) is 0 Å². The first-order chi connectivity index (χ1) is 9.17. The van der Waals surface area contributed by atoms with E-state index in [4.69, 9.17) is 4.74 Å². The van der Waals surface area contributed by atoms with Crippen molar-refractivity contribution in [2.24, 2.45) is 0 Å². The highest BCUT2D eigenvalue weighted by atomic mass is 16.5. The maximum absolute atomic E-state index is 11.8. The maximum Gasteiger partial charge on any atom is 0.244 e. The molecule has 0 radical (unpaired) electrons. The van der Waals surface area contributed by atoms with Crippen LogP contribution in [0.15, 0.2) is 53.6 Å². The summed E-state index contributed by atoms with van der Waals surface area (Å²) in [5.74, 6) is 0.512. The number of nitrogens with zero attached hydrogens (tertiary/aromatic N) is 1. The monoisotopic (exact) mass is 258 g/mol. The van der Waals surface area contributed by atoms with Gasteiger partial charge in [-0.05, 0) is 12.1 Å². The third-order valence-corrected chi connectivity index (χ3v) is 2.54. The molecule has 1 aromatic heterocycles. The highest BCUT2D eigenvalue weighted by Gasteiger charge is 2.03. The van der Waals surface area contributed by atoms with Crippen LogP contribution in [0.4, 0.5) is 5.69 Å². The number of nitrogens with one attached hydrogen (secondary N) is 1. The molecule has 0 atom stereocenters. The first-order valence-electron chi connectivity index (χ1n) is 5.77. The Morgan fingerprint density at radius 2 is 2.00 bits per heavy atom. The zero-order chi connectivity index (χ0) is 13.7. The number of hydrogen-bond donors (Lipinski definition) is 1. The fourth-order valence-corrected chi connectivity index (χ4v) is 1.62. The number of methoxy groups -OCH3 is 1. The normalized spacial score (nSPS) is 9.95. The topological polar surface area (TPSA) is 60.3 Å². The molecule has 1 N–H and O–H groups in total. The lowest BCUT2D eigenvalue weighted by Gasteiger charge is -2.08. The number of anilines is 1. The quantitative estimate of drug-likeness (QED) is 0.904. The van der Waals surface area contributed by atoms with E-state index in [0.29, 0.717) is 11.4 Å². The lowest BCUT2D eigenvalue weighted by atomic mass is 10.3. The number of amides is 1. The van der Waals surface area contributed by atoms with Gasteiger partial charge >= 0.3 is 0 Å². The Bertz CT molecular complexity index is 614. The lowest BCUT2D eigenvalue weighted by molar-refractivity contribution is -0.116. The molecule has 0 unspecified atom stereocenters. The molecule has 0 aliphatic heterocycles. The van der Waals surface area contributed by atoms with E-state index in [-0.39, 0.29) is 17.9 Å². The Kier molecular flexibility index (Phi) is 3.97. The Hall–Kier alpha value is -2.56. The average molecular weight is 258 g/mol. The second-order valence-electron chi connectivity index (χ2n) is 3.99. The molecular formula is C14H14N2O3. The summed E-state index contributed by atoms with van der Waals surface area (Å²) in [5, 5.41) is 2.76. The Morgan fingerprint density at radius 3 is 2.68 bits per heavy atom. The van der Waals surface area contributed by atoms with E-state index in [1.54, 1.807) is 48.3 Å². The molecule has 0 spiro atoms. The summed E-state index contributed by atoms with van der Waals surface area (Å²) in [4.78, 5) is 22.8. The molecular weight excluding hydrogens is 244 g/mol. The number of pyridine rings is 1. The van der Waals surface area contributed by atoms with Gasteiger partial charge in [0.25, 0.3) is 0 Å². The van der Waals surface area contributed by atoms with Crippen molar-refractivity contribution in [3.8, 4) is 5.75 Å². The summed E-state index contributed by atoms with van der Waals surface area (Å²) < 4.78 is 6.71. The summed E-state index contributed by atoms with van der Waals surface area (Å²) >= 11 is 0. The standard InChI is InChI=1S/C14H14N2O3/c1-19-13-4-2-3-11(9-13)15-14(18)10-16-7-5-12(17)6-8-16/h2-9H,10H2,1H3,(H,15,18). The second kappa shape index (κ2) is 5.86. The van der Waals surface area contributed by atoms with Crippen molar-refractivity contribution in [1.29, 1.82) is 0 Å². The largest absolute Gasteiger partial charge is 0.497 e. The van der Waals surface area contributed by atoms with Gasteiger partial charge in [-0.3, -0.25) is 9.59 Å². The molecule has 5 heteroatoms. The molecule has 98 valence electrons. The van der Waals surface area contributed by atoms with Crippen molar-refractivity contribution in [3.05, 3.63) is 59.0 Å². The van der Waals surface area contributed by atoms with E-state index in [1.165, 1.54) is 12.1 Å². The summed E-state index contributed by atoms with van der Waals surface area (Å²) in [5.41, 5.74) is 0.592. The number of rotatable bonds is 4. The summed E-state index contributed by atoms with van der Waals surface area (Å²) in [6.07, 6.45) is 3.15. The molecule has 0 bridgehead atoms. The van der Waals surface area contributed by atoms with Crippen LogP contribution in [0.5, 0.6) is 5.75 Å². The molecule has 1 heterocycles. The number of aromatic nitrogens is 1. The van der Waals surface area contributed by atoms with E-state index >= 15 is 0 Å². The van der Waals surface area contributed by atoms with Gasteiger partial charge in [-0.15, -0.1) is 0 Å². The van der Waals surface area contributed by atoms with E-state index in [1.807, 2.05) is 0 Å². The Labute approximate surface area is 110 Å². The van der Waals surface area contributed by atoms with Crippen LogP contribution >= 0.6 is 0 Å². The van der Waals surface area contributed by atoms with Crippen molar-refractivity contribution in [1.82, 2.24) is 4.57 Å². The van der Waals surface area contributed by atoms with Crippen LogP contribution in [-0.4, -0.2) is 17.6 Å². The van der Waals surface area contributed by atoms with Gasteiger partial charge < -0.3 is 14.6 Å². The molecule has 19 heavy (non-hydrogen) atoms. The van der Waals surface area contributed by atoms with E-state index < -0.39 is 0 Å². The first-order valence-corrected chi connectivity index (χ1v) is 5.77. The number of carbonyl (C=O) groups excluding carboxylic acids is 1. The average Bonchev–Trinajstić information content (AvgIpc) is 2.41. The van der Waals surface area contributed by atoms with Crippen LogP contribution in [0.1, 0.15) is 0 Å². The Balaban J connectivity index is 2.00. The minimum Gasteiger partial charge on any atom is -0.497 e. The van der Waals surface area contributed by atoms with Crippen LogP contribution < -0.4 is 15.5 Å². The van der Waals surface area contributed by atoms with Gasteiger partial charge in [-0.25, -0.2) is 0 Å². The molecule has 0 aliphatic rings. The first kappa shape index (κ1) is 12.9. The van der Waals surface area contributed by atoms with E-state index in [9.17, 15) is 9.59 Å². The number of hydrogen-bond acceptors (Lipinski definition) is 3. The molecule has 0 saturated carbocycles. The molecule has 2 rings (SSSR count). The van der Waals surface area contributed by atoms with Crippen LogP contribution in [-0.2, 0) is 11.3 Å². The highest BCUT2D eigenvalue weighted by Crippen LogP contribution is 2.16. The molecule has 0 saturated heterocycles. The molecule has 1 amide bonds. The fraction of sp³-hybridized carbons (Fsp3) is 0.143. The third kappa shape index (κ3) is 3.70. The van der Waals surface area contributed by atoms with Crippen LogP contribution in [0.2, 0.25) is 0 Å². The van der Waals surface area contributed by atoms with Crippen LogP contribution in [0.3, 0.4) is 0 Å². The van der Waals surface area contributed by atoms with Gasteiger partial charge in [0.2, 0.25) is 5.91 Å². The molecule has 0 aliphatic carbocycles. The minimum atomic E-state index is -0.170. The zero-order valence-electron chi connectivity index (χ0n) is 10.5. The Morgan fingerprint density at radius 1 is 1.26 bits per heavy atom. The fourth-order valence-electron chi connectivity index (χ4n) is 1.62. The predicted octanol–water partition coefficient (Wildman–Crippen LogP) is 1.50. The number of benzene rings is 1. The zero-order valence-corrected chi connectivity index (χ0v) is 10.5. The lowest BCUT2D eigenvalue weighted by Crippen LogP contribution is -2.19. The van der Waals surface area contributed by atoms with Gasteiger partial charge in [-0.2, -0.15) is 0 Å². The molecule has 5 nitrogen and oxygen atoms in total. The number of ether oxygens (including phenoxy) is 1. The van der Waals surface area contributed by atoms with Gasteiger partial charge in [0.05, 0.1) is 7.11 Å². The summed E-state index contributed by atoms with van der Waals surface area (Å²) in [7, 11) is 1.57. The second-order valence-corrected chi connectivity index (χ2v) is 3.99. The maximum atomic E-state index is 11.8. The van der Waals surface area contributed by atoms with Crippen molar-refractivity contribution < 1.29 is 9.53 Å². The molecule has 0 fully saturated rings. The summed E-state index contributed by atoms with van der Waals surface area (Å²) in [6, 6.07) is 9.96. The number of carbonyl (C=O) groups is 1.